The zero-order chi connectivity index (χ0) is 36.7. The van der Waals surface area contributed by atoms with Gasteiger partial charge in [0, 0.05) is 34.6 Å². The van der Waals surface area contributed by atoms with Gasteiger partial charge in [0.05, 0.1) is 0 Å². The largest absolute Gasteiger partial charge is 0.504 e. The summed E-state index contributed by atoms with van der Waals surface area (Å²) in [7, 11) is 0. The summed E-state index contributed by atoms with van der Waals surface area (Å²) in [6.07, 6.45) is 0. The van der Waals surface area contributed by atoms with Crippen LogP contribution in [0.1, 0.15) is 65.7 Å². The van der Waals surface area contributed by atoms with Crippen LogP contribution in [0.5, 0.6) is 34.5 Å². The number of carbonyl (C=O) groups is 8. The number of phenolic OH excluding ortho intramolecular Hbond substituents is 1. The quantitative estimate of drug-likeness (QED) is 0.121. The Morgan fingerprint density at radius 3 is 1.23 bits per heavy atom. The van der Waals surface area contributed by atoms with Crippen LogP contribution in [0, 0.1) is 0 Å². The van der Waals surface area contributed by atoms with Crippen LogP contribution in [-0.4, -0.2) is 68.2 Å². The predicted molar refractivity (Wildman–Crippen MR) is 158 cm³/mol. The number of carboxylic acid groups (broad SMARTS) is 2. The summed E-state index contributed by atoms with van der Waals surface area (Å²) >= 11 is 0. The number of para-hydroxylation sites is 3. The first-order valence-corrected chi connectivity index (χ1v) is 13.1. The first-order valence-electron chi connectivity index (χ1n) is 13.1. The lowest BCUT2D eigenvalue weighted by Gasteiger charge is -2.11. The second-order valence-electron chi connectivity index (χ2n) is 8.80. The molecule has 0 amide bonds. The van der Waals surface area contributed by atoms with Gasteiger partial charge < -0.3 is 44.1 Å². The number of hydrogen-bond acceptors (Lipinski definition) is 15. The van der Waals surface area contributed by atoms with Crippen LogP contribution in [-0.2, 0) is 28.7 Å². The topological polar surface area (TPSA) is 264 Å². The van der Waals surface area contributed by atoms with Gasteiger partial charge in [-0.2, -0.15) is 0 Å². The first-order chi connectivity index (χ1) is 22.3. The van der Waals surface area contributed by atoms with Crippen molar-refractivity contribution in [3.8, 4) is 34.5 Å². The van der Waals surface area contributed by atoms with E-state index in [2.05, 4.69) is 4.74 Å². The Labute approximate surface area is 270 Å². The summed E-state index contributed by atoms with van der Waals surface area (Å²) in [5.74, 6) is -8.89. The standard InChI is InChI=1S/C13H12O7.C11H10O6.C7H6O4/c1-7(14)18-11-6-4-5-10(12(11)19-8(2)15)13(17)20-9(3)16;1-6(12)16-9-5-3-4-8(11(14)15)10(9)17-7(2)13;8-5-3-1-2-4(6(5)9)7(10)11/h4-6H,1-3H3;3-5H,1-2H3,(H,14,15);1-3,8-9H,(H,10,11). The summed E-state index contributed by atoms with van der Waals surface area (Å²) < 4.78 is 23.6. The highest BCUT2D eigenvalue weighted by atomic mass is 16.6. The Bertz CT molecular complexity index is 1740. The molecule has 0 radical (unpaired) electrons. The molecule has 0 aliphatic rings. The van der Waals surface area contributed by atoms with Crippen LogP contribution in [0.4, 0.5) is 0 Å². The minimum atomic E-state index is -1.28. The number of rotatable bonds is 7. The van der Waals surface area contributed by atoms with E-state index in [0.717, 1.165) is 34.6 Å². The minimum absolute atomic E-state index is 0.104. The molecule has 17 heteroatoms. The van der Waals surface area contributed by atoms with Gasteiger partial charge >= 0.3 is 47.8 Å². The molecule has 3 rings (SSSR count). The van der Waals surface area contributed by atoms with Crippen molar-refractivity contribution in [2.24, 2.45) is 0 Å². The highest BCUT2D eigenvalue weighted by Crippen LogP contribution is 2.33. The molecule has 0 saturated heterocycles. The van der Waals surface area contributed by atoms with Gasteiger partial charge in [0.1, 0.15) is 16.7 Å². The lowest BCUT2D eigenvalue weighted by Crippen LogP contribution is -2.14. The van der Waals surface area contributed by atoms with Gasteiger partial charge in [0.15, 0.2) is 34.5 Å². The second kappa shape index (κ2) is 18.3. The average molecular weight is 673 g/mol. The summed E-state index contributed by atoms with van der Waals surface area (Å²) in [4.78, 5) is 87.5. The molecule has 3 aromatic rings. The fraction of sp³-hybridized carbons (Fsp3) is 0.161. The molecule has 0 unspecified atom stereocenters. The van der Waals surface area contributed by atoms with Crippen molar-refractivity contribution in [1.82, 2.24) is 0 Å². The molecule has 0 aliphatic carbocycles. The summed E-state index contributed by atoms with van der Waals surface area (Å²) in [6.45, 7) is 5.60. The number of esters is 6. The number of aromatic carboxylic acids is 2. The number of ether oxygens (including phenoxy) is 5. The molecule has 0 bridgehead atoms. The molecule has 17 nitrogen and oxygen atoms in total. The SMILES string of the molecule is CC(=O)OC(=O)c1cccc(OC(C)=O)c1OC(C)=O.CC(=O)Oc1cccc(C(=O)O)c1OC(C)=O.O=C(O)c1cccc(O)c1O. The van der Waals surface area contributed by atoms with Gasteiger partial charge in [-0.3, -0.25) is 24.0 Å². The van der Waals surface area contributed by atoms with Gasteiger partial charge in [-0.25, -0.2) is 14.4 Å². The van der Waals surface area contributed by atoms with E-state index >= 15 is 0 Å². The average Bonchev–Trinajstić information content (AvgIpc) is 2.95. The maximum Gasteiger partial charge on any atom is 0.349 e. The van der Waals surface area contributed by atoms with E-state index in [4.69, 9.17) is 39.4 Å². The van der Waals surface area contributed by atoms with E-state index < -0.39 is 59.3 Å². The third kappa shape index (κ3) is 12.7. The predicted octanol–water partition coefficient (Wildman–Crippen LogP) is 3.27. The number of benzene rings is 3. The maximum absolute atomic E-state index is 11.7. The van der Waals surface area contributed by atoms with Crippen molar-refractivity contribution in [3.05, 3.63) is 71.3 Å². The maximum atomic E-state index is 11.7. The smallest absolute Gasteiger partial charge is 0.349 e. The molecule has 0 fully saturated rings. The van der Waals surface area contributed by atoms with Crippen LogP contribution in [0.3, 0.4) is 0 Å². The van der Waals surface area contributed by atoms with Crippen molar-refractivity contribution in [3.63, 3.8) is 0 Å². The van der Waals surface area contributed by atoms with Crippen LogP contribution in [0.25, 0.3) is 0 Å². The van der Waals surface area contributed by atoms with E-state index in [1.54, 1.807) is 0 Å². The van der Waals surface area contributed by atoms with Gasteiger partial charge in [-0.1, -0.05) is 18.2 Å². The number of hydrogen-bond donors (Lipinski definition) is 4. The Balaban J connectivity index is 0.000000374. The molecule has 4 N–H and O–H groups in total. The molecule has 0 heterocycles. The van der Waals surface area contributed by atoms with Crippen molar-refractivity contribution < 1.29 is 82.5 Å². The normalized spacial score (nSPS) is 9.52. The highest BCUT2D eigenvalue weighted by molar-refractivity contribution is 6.00. The van der Waals surface area contributed by atoms with Crippen molar-refractivity contribution in [2.45, 2.75) is 34.6 Å². The van der Waals surface area contributed by atoms with Gasteiger partial charge in [0.2, 0.25) is 0 Å². The Kier molecular flexibility index (Phi) is 14.9. The molecule has 0 atom stereocenters. The van der Waals surface area contributed by atoms with Crippen LogP contribution >= 0.6 is 0 Å². The lowest BCUT2D eigenvalue weighted by atomic mass is 10.2. The Hall–Kier alpha value is -6.78. The zero-order valence-corrected chi connectivity index (χ0v) is 25.8. The first kappa shape index (κ1) is 39.2. The Morgan fingerprint density at radius 2 is 0.854 bits per heavy atom. The number of phenols is 2. The van der Waals surface area contributed by atoms with Crippen molar-refractivity contribution >= 4 is 47.8 Å². The van der Waals surface area contributed by atoms with E-state index in [1.165, 1.54) is 54.6 Å². The fourth-order valence-corrected chi connectivity index (χ4v) is 3.22. The monoisotopic (exact) mass is 672 g/mol. The number of carboxylic acids is 2. The Morgan fingerprint density at radius 1 is 0.479 bits per heavy atom. The zero-order valence-electron chi connectivity index (χ0n) is 25.8. The molecule has 0 aliphatic heterocycles. The van der Waals surface area contributed by atoms with E-state index in [-0.39, 0.29) is 39.7 Å². The van der Waals surface area contributed by atoms with Gasteiger partial charge in [0.25, 0.3) is 0 Å². The molecule has 0 aromatic heterocycles. The second-order valence-corrected chi connectivity index (χ2v) is 8.80. The molecule has 3 aromatic carbocycles. The molecule has 0 saturated carbocycles. The fourth-order valence-electron chi connectivity index (χ4n) is 3.22. The molecule has 0 spiro atoms. The summed E-state index contributed by atoms with van der Waals surface area (Å²) in [5, 5.41) is 35.1. The summed E-state index contributed by atoms with van der Waals surface area (Å²) in [6, 6.07) is 11.7. The summed E-state index contributed by atoms with van der Waals surface area (Å²) in [5.41, 5.74) is -0.752. The lowest BCUT2D eigenvalue weighted by molar-refractivity contribution is -0.136. The van der Waals surface area contributed by atoms with Crippen molar-refractivity contribution in [2.75, 3.05) is 0 Å². The van der Waals surface area contributed by atoms with Crippen LogP contribution in [0.2, 0.25) is 0 Å². The third-order valence-corrected chi connectivity index (χ3v) is 4.89. The van der Waals surface area contributed by atoms with Gasteiger partial charge in [-0.05, 0) is 36.4 Å². The van der Waals surface area contributed by atoms with Crippen LogP contribution < -0.4 is 18.9 Å². The van der Waals surface area contributed by atoms with Crippen LogP contribution in [0.15, 0.2) is 54.6 Å². The number of carbonyl (C=O) groups excluding carboxylic acids is 6. The third-order valence-electron chi connectivity index (χ3n) is 4.89. The van der Waals surface area contributed by atoms with Gasteiger partial charge in [-0.15, -0.1) is 0 Å². The molecular weight excluding hydrogens is 644 g/mol. The van der Waals surface area contributed by atoms with Crippen molar-refractivity contribution in [1.29, 1.82) is 0 Å². The number of aromatic hydroxyl groups is 2. The van der Waals surface area contributed by atoms with E-state index in [1.807, 2.05) is 0 Å². The van der Waals surface area contributed by atoms with E-state index in [9.17, 15) is 38.4 Å². The highest BCUT2D eigenvalue weighted by Gasteiger charge is 2.22. The molecule has 254 valence electrons. The van der Waals surface area contributed by atoms with E-state index in [0.29, 0.717) is 0 Å². The molecular formula is C31H28O17. The molecule has 48 heavy (non-hydrogen) atoms. The minimum Gasteiger partial charge on any atom is -0.504 e.